The van der Waals surface area contributed by atoms with Crippen LogP contribution in [0.4, 0.5) is 5.69 Å². The standard InChI is InChI=1S/C19H26I3N5OS/c1-5-7-8-27-18(15(6-2)26(3)4)24-25-19(27)29-11-16(28)23-17-13(21)9-12(20)10-14(17)22/h9-10,15H,5-8,11H2,1-4H3,(H,23,28)/t15-/m0/s1. The maximum Gasteiger partial charge on any atom is 0.234 e. The van der Waals surface area contributed by atoms with Gasteiger partial charge in [0.05, 0.1) is 17.5 Å². The van der Waals surface area contributed by atoms with Crippen LogP contribution in [0.15, 0.2) is 17.3 Å². The molecule has 1 heterocycles. The maximum atomic E-state index is 12.6. The number of benzene rings is 1. The SMILES string of the molecule is CCCCn1c(SCC(=O)Nc2c(I)cc(I)cc2I)nnc1[C@H](CC)N(C)C. The van der Waals surface area contributed by atoms with Crippen LogP contribution >= 0.6 is 79.5 Å². The Kier molecular flexibility index (Phi) is 10.9. The first-order valence-electron chi connectivity index (χ1n) is 9.45. The van der Waals surface area contributed by atoms with Gasteiger partial charge >= 0.3 is 0 Å². The van der Waals surface area contributed by atoms with E-state index in [1.54, 1.807) is 0 Å². The summed E-state index contributed by atoms with van der Waals surface area (Å²) >= 11 is 8.27. The topological polar surface area (TPSA) is 63.1 Å². The lowest BCUT2D eigenvalue weighted by Gasteiger charge is -2.23. The van der Waals surface area contributed by atoms with Gasteiger partial charge in [0, 0.05) is 17.3 Å². The van der Waals surface area contributed by atoms with Gasteiger partial charge in [0.15, 0.2) is 11.0 Å². The smallest absolute Gasteiger partial charge is 0.234 e. The highest BCUT2D eigenvalue weighted by atomic mass is 127. The fourth-order valence-corrected chi connectivity index (χ4v) is 7.55. The van der Waals surface area contributed by atoms with Crippen molar-refractivity contribution in [3.05, 3.63) is 28.7 Å². The van der Waals surface area contributed by atoms with Crippen LogP contribution < -0.4 is 5.32 Å². The minimum Gasteiger partial charge on any atom is -0.324 e. The first-order chi connectivity index (χ1) is 13.8. The molecule has 1 atom stereocenters. The highest BCUT2D eigenvalue weighted by Crippen LogP contribution is 2.29. The molecule has 1 aromatic carbocycles. The molecule has 1 N–H and O–H groups in total. The molecule has 6 nitrogen and oxygen atoms in total. The van der Waals surface area contributed by atoms with Gasteiger partial charge in [-0.05, 0) is 107 Å². The van der Waals surface area contributed by atoms with E-state index < -0.39 is 0 Å². The van der Waals surface area contributed by atoms with Crippen molar-refractivity contribution in [3.8, 4) is 0 Å². The van der Waals surface area contributed by atoms with Crippen LogP contribution in [-0.2, 0) is 11.3 Å². The van der Waals surface area contributed by atoms with Gasteiger partial charge in [-0.3, -0.25) is 9.69 Å². The second kappa shape index (κ2) is 12.4. The van der Waals surface area contributed by atoms with Crippen LogP contribution in [0.25, 0.3) is 0 Å². The number of nitrogens with one attached hydrogen (secondary N) is 1. The third kappa shape index (κ3) is 7.17. The largest absolute Gasteiger partial charge is 0.324 e. The summed E-state index contributed by atoms with van der Waals surface area (Å²) in [6.07, 6.45) is 3.13. The van der Waals surface area contributed by atoms with Crippen LogP contribution in [0.5, 0.6) is 0 Å². The van der Waals surface area contributed by atoms with E-state index in [4.69, 9.17) is 0 Å². The van der Waals surface area contributed by atoms with Gasteiger partial charge in [-0.25, -0.2) is 0 Å². The van der Waals surface area contributed by atoms with Crippen molar-refractivity contribution >= 4 is 91.1 Å². The summed E-state index contributed by atoms with van der Waals surface area (Å²) in [7, 11) is 4.13. The van der Waals surface area contributed by atoms with Crippen molar-refractivity contribution in [2.45, 2.75) is 50.9 Å². The number of rotatable bonds is 10. The van der Waals surface area contributed by atoms with Crippen molar-refractivity contribution < 1.29 is 4.79 Å². The molecular formula is C19H26I3N5OS. The molecule has 0 radical (unpaired) electrons. The van der Waals surface area contributed by atoms with Crippen LogP contribution in [0, 0.1) is 10.7 Å². The van der Waals surface area contributed by atoms with Crippen molar-refractivity contribution in [2.24, 2.45) is 0 Å². The number of aromatic nitrogens is 3. The molecule has 1 aromatic heterocycles. The lowest BCUT2D eigenvalue weighted by atomic mass is 10.2. The fourth-order valence-electron chi connectivity index (χ4n) is 2.93. The second-order valence-corrected chi connectivity index (χ2v) is 11.3. The number of thioether (sulfide) groups is 1. The van der Waals surface area contributed by atoms with Gasteiger partial charge in [-0.1, -0.05) is 32.0 Å². The van der Waals surface area contributed by atoms with Crippen LogP contribution in [0.3, 0.4) is 0 Å². The third-order valence-electron chi connectivity index (χ3n) is 4.39. The Labute approximate surface area is 218 Å². The molecule has 0 bridgehead atoms. The highest BCUT2D eigenvalue weighted by Gasteiger charge is 2.22. The normalized spacial score (nSPS) is 12.4. The molecule has 0 spiro atoms. The van der Waals surface area contributed by atoms with Crippen molar-refractivity contribution in [1.82, 2.24) is 19.7 Å². The predicted molar refractivity (Wildman–Crippen MR) is 146 cm³/mol. The zero-order valence-corrected chi connectivity index (χ0v) is 24.3. The van der Waals surface area contributed by atoms with E-state index in [0.29, 0.717) is 5.75 Å². The first-order valence-corrected chi connectivity index (χ1v) is 13.7. The van der Waals surface area contributed by atoms with Gasteiger partial charge in [0.25, 0.3) is 0 Å². The summed E-state index contributed by atoms with van der Waals surface area (Å²) in [6.45, 7) is 5.21. The fraction of sp³-hybridized carbons (Fsp3) is 0.526. The van der Waals surface area contributed by atoms with Crippen LogP contribution in [0.2, 0.25) is 0 Å². The lowest BCUT2D eigenvalue weighted by Crippen LogP contribution is -2.23. The summed E-state index contributed by atoms with van der Waals surface area (Å²) in [6, 6.07) is 4.34. The average Bonchev–Trinajstić information content (AvgIpc) is 3.04. The number of anilines is 1. The molecule has 0 saturated heterocycles. The van der Waals surface area contributed by atoms with Crippen molar-refractivity contribution in [3.63, 3.8) is 0 Å². The molecule has 10 heteroatoms. The zero-order chi connectivity index (χ0) is 21.6. The van der Waals surface area contributed by atoms with Gasteiger partial charge in [-0.2, -0.15) is 0 Å². The molecule has 0 aliphatic rings. The molecular weight excluding hydrogens is 727 g/mol. The monoisotopic (exact) mass is 753 g/mol. The average molecular weight is 753 g/mol. The van der Waals surface area contributed by atoms with Crippen molar-refractivity contribution in [1.29, 1.82) is 0 Å². The zero-order valence-electron chi connectivity index (χ0n) is 17.0. The molecule has 29 heavy (non-hydrogen) atoms. The molecule has 2 aromatic rings. The highest BCUT2D eigenvalue weighted by molar-refractivity contribution is 14.1. The second-order valence-electron chi connectivity index (χ2n) is 6.81. The van der Waals surface area contributed by atoms with Crippen LogP contribution in [-0.4, -0.2) is 45.4 Å². The molecule has 0 fully saturated rings. The third-order valence-corrected chi connectivity index (χ3v) is 7.68. The van der Waals surface area contributed by atoms with Gasteiger partial charge in [-0.15, -0.1) is 10.2 Å². The summed E-state index contributed by atoms with van der Waals surface area (Å²) in [4.78, 5) is 14.8. The number of carbonyl (C=O) groups excluding carboxylic acids is 1. The number of unbranched alkanes of at least 4 members (excludes halogenated alkanes) is 1. The summed E-state index contributed by atoms with van der Waals surface area (Å²) in [5, 5.41) is 12.8. The molecule has 0 saturated carbocycles. The van der Waals surface area contributed by atoms with Gasteiger partial charge in [0.1, 0.15) is 0 Å². The van der Waals surface area contributed by atoms with Crippen molar-refractivity contribution in [2.75, 3.05) is 25.2 Å². The van der Waals surface area contributed by atoms with E-state index in [-0.39, 0.29) is 11.9 Å². The molecule has 0 aliphatic carbocycles. The Bertz CT molecular complexity index is 820. The number of halogens is 3. The van der Waals surface area contributed by atoms with E-state index in [9.17, 15) is 4.79 Å². The summed E-state index contributed by atoms with van der Waals surface area (Å²) in [5.41, 5.74) is 0.879. The molecule has 160 valence electrons. The van der Waals surface area contributed by atoms with E-state index >= 15 is 0 Å². The lowest BCUT2D eigenvalue weighted by molar-refractivity contribution is -0.113. The number of nitrogens with zero attached hydrogens (tertiary/aromatic N) is 4. The van der Waals surface area contributed by atoms with Gasteiger partial charge in [0.2, 0.25) is 5.91 Å². The minimum atomic E-state index is -0.0294. The molecule has 2 rings (SSSR count). The summed E-state index contributed by atoms with van der Waals surface area (Å²) in [5.74, 6) is 1.26. The van der Waals surface area contributed by atoms with E-state index in [1.165, 1.54) is 11.8 Å². The maximum absolute atomic E-state index is 12.6. The Morgan fingerprint density at radius 3 is 2.41 bits per heavy atom. The van der Waals surface area contributed by atoms with Gasteiger partial charge < -0.3 is 9.88 Å². The Morgan fingerprint density at radius 2 is 1.86 bits per heavy atom. The van der Waals surface area contributed by atoms with E-state index in [2.05, 4.69) is 133 Å². The number of amides is 1. The molecule has 0 unspecified atom stereocenters. The Balaban J connectivity index is 2.13. The Morgan fingerprint density at radius 1 is 1.21 bits per heavy atom. The minimum absolute atomic E-state index is 0.0294. The van der Waals surface area contributed by atoms with E-state index in [1.807, 2.05) is 0 Å². The number of carbonyl (C=O) groups is 1. The predicted octanol–water partition coefficient (Wildman–Crippen LogP) is 5.64. The first kappa shape index (κ1) is 25.6. The number of hydrogen-bond donors (Lipinski definition) is 1. The molecule has 0 aliphatic heterocycles. The number of hydrogen-bond acceptors (Lipinski definition) is 5. The quantitative estimate of drug-likeness (QED) is 0.252. The molecule has 1 amide bonds. The van der Waals surface area contributed by atoms with E-state index in [0.717, 1.165) is 53.2 Å². The summed E-state index contributed by atoms with van der Waals surface area (Å²) < 4.78 is 5.44. The Hall–Kier alpha value is 0.330. The van der Waals surface area contributed by atoms with Crippen LogP contribution in [0.1, 0.15) is 45.0 Å².